The highest BCUT2D eigenvalue weighted by Gasteiger charge is 2.04. The van der Waals surface area contributed by atoms with Crippen LogP contribution in [0, 0.1) is 0 Å². The molecular weight excluding hydrogens is 172 g/mol. The molecule has 0 aromatic heterocycles. The monoisotopic (exact) mass is 198 g/mol. The van der Waals surface area contributed by atoms with Gasteiger partial charge < -0.3 is 10.2 Å². The predicted molar refractivity (Wildman–Crippen MR) is 64.7 cm³/mol. The summed E-state index contributed by atoms with van der Waals surface area (Å²) in [5.41, 5.74) is 1.38. The first kappa shape index (κ1) is 13.7. The molecule has 1 N–H and O–H groups in total. The van der Waals surface area contributed by atoms with Crippen LogP contribution in [0.15, 0.2) is 11.6 Å². The summed E-state index contributed by atoms with van der Waals surface area (Å²) >= 11 is 0. The number of hydrogen-bond donors (Lipinski definition) is 1. The highest BCUT2D eigenvalue weighted by molar-refractivity contribution is 4.94. The second kappa shape index (κ2) is 8.01. The summed E-state index contributed by atoms with van der Waals surface area (Å²) in [5.74, 6) is 0. The van der Waals surface area contributed by atoms with Crippen molar-refractivity contribution in [2.24, 2.45) is 0 Å². The highest BCUT2D eigenvalue weighted by atomic mass is 15.1. The van der Waals surface area contributed by atoms with E-state index in [2.05, 4.69) is 51.0 Å². The first-order chi connectivity index (χ1) is 6.57. The molecule has 0 heterocycles. The van der Waals surface area contributed by atoms with Gasteiger partial charge in [-0.25, -0.2) is 0 Å². The summed E-state index contributed by atoms with van der Waals surface area (Å²) in [5, 5.41) is 3.41. The van der Waals surface area contributed by atoms with Crippen molar-refractivity contribution < 1.29 is 0 Å². The van der Waals surface area contributed by atoms with Crippen LogP contribution in [0.2, 0.25) is 0 Å². The van der Waals surface area contributed by atoms with E-state index in [4.69, 9.17) is 0 Å². The highest BCUT2D eigenvalue weighted by Crippen LogP contribution is 1.97. The molecule has 0 amide bonds. The molecule has 0 fully saturated rings. The second-order valence-electron chi connectivity index (χ2n) is 4.22. The van der Waals surface area contributed by atoms with Crippen molar-refractivity contribution >= 4 is 0 Å². The van der Waals surface area contributed by atoms with E-state index in [1.807, 2.05) is 0 Å². The Bertz CT molecular complexity index is 160. The molecule has 0 rings (SSSR count). The lowest BCUT2D eigenvalue weighted by Gasteiger charge is -2.23. The number of allylic oxidation sites excluding steroid dienone is 1. The molecule has 2 heteroatoms. The van der Waals surface area contributed by atoms with Crippen molar-refractivity contribution in [1.82, 2.24) is 10.2 Å². The van der Waals surface area contributed by atoms with E-state index >= 15 is 0 Å². The number of nitrogens with one attached hydrogen (secondary N) is 1. The van der Waals surface area contributed by atoms with Crippen LogP contribution in [0.3, 0.4) is 0 Å². The molecular formula is C12H26N2. The maximum atomic E-state index is 3.41. The molecule has 0 aliphatic rings. The van der Waals surface area contributed by atoms with Crippen LogP contribution >= 0.6 is 0 Å². The minimum atomic E-state index is 0.695. The average Bonchev–Trinajstić information content (AvgIpc) is 2.15. The largest absolute Gasteiger partial charge is 0.312 e. The van der Waals surface area contributed by atoms with Crippen LogP contribution in [0.5, 0.6) is 0 Å². The van der Waals surface area contributed by atoms with Gasteiger partial charge in [-0.1, -0.05) is 18.6 Å². The Balaban J connectivity index is 3.40. The third kappa shape index (κ3) is 7.10. The van der Waals surface area contributed by atoms with Gasteiger partial charge in [0.25, 0.3) is 0 Å². The molecule has 0 spiro atoms. The molecule has 0 bridgehead atoms. The quantitative estimate of drug-likeness (QED) is 0.499. The van der Waals surface area contributed by atoms with Gasteiger partial charge in [0.05, 0.1) is 0 Å². The van der Waals surface area contributed by atoms with E-state index in [0.29, 0.717) is 6.04 Å². The molecule has 0 saturated heterocycles. The van der Waals surface area contributed by atoms with Crippen molar-refractivity contribution in [1.29, 1.82) is 0 Å². The second-order valence-corrected chi connectivity index (χ2v) is 4.22. The molecule has 0 aromatic carbocycles. The van der Waals surface area contributed by atoms with Crippen molar-refractivity contribution in [3.63, 3.8) is 0 Å². The molecule has 0 saturated carbocycles. The van der Waals surface area contributed by atoms with Crippen LogP contribution in [0.25, 0.3) is 0 Å². The van der Waals surface area contributed by atoms with E-state index in [1.54, 1.807) is 0 Å². The number of likely N-dealkylation sites (N-methyl/N-ethyl adjacent to an activating group) is 1. The third-order valence-electron chi connectivity index (χ3n) is 2.64. The first-order valence-corrected chi connectivity index (χ1v) is 5.62. The lowest BCUT2D eigenvalue weighted by atomic mass is 10.2. The Morgan fingerprint density at radius 2 is 2.07 bits per heavy atom. The first-order valence-electron chi connectivity index (χ1n) is 5.62. The molecule has 1 unspecified atom stereocenters. The molecule has 1 atom stereocenters. The minimum Gasteiger partial charge on any atom is -0.312 e. The number of hydrogen-bond acceptors (Lipinski definition) is 2. The van der Waals surface area contributed by atoms with Crippen LogP contribution < -0.4 is 5.32 Å². The topological polar surface area (TPSA) is 15.3 Å². The molecule has 14 heavy (non-hydrogen) atoms. The van der Waals surface area contributed by atoms with Crippen molar-refractivity contribution in [3.8, 4) is 0 Å². The zero-order chi connectivity index (χ0) is 11.0. The minimum absolute atomic E-state index is 0.695. The van der Waals surface area contributed by atoms with Crippen molar-refractivity contribution in [2.45, 2.75) is 40.2 Å². The maximum absolute atomic E-state index is 3.41. The number of nitrogens with zero attached hydrogens (tertiary/aromatic N) is 1. The van der Waals surface area contributed by atoms with E-state index in [0.717, 1.165) is 19.6 Å². The van der Waals surface area contributed by atoms with E-state index in [9.17, 15) is 0 Å². The van der Waals surface area contributed by atoms with Crippen LogP contribution in [0.1, 0.15) is 34.1 Å². The fourth-order valence-electron chi connectivity index (χ4n) is 1.17. The van der Waals surface area contributed by atoms with Gasteiger partial charge in [0.15, 0.2) is 0 Å². The predicted octanol–water partition coefficient (Wildman–Crippen LogP) is 2.27. The SMILES string of the molecule is CCC(C)N(C)CCNCC=C(C)C. The van der Waals surface area contributed by atoms with Crippen LogP contribution in [-0.2, 0) is 0 Å². The number of rotatable bonds is 7. The summed E-state index contributed by atoms with van der Waals surface area (Å²) in [6.45, 7) is 12.0. The lowest BCUT2D eigenvalue weighted by Crippen LogP contribution is -2.35. The summed E-state index contributed by atoms with van der Waals surface area (Å²) in [6.07, 6.45) is 3.45. The molecule has 0 radical (unpaired) electrons. The molecule has 84 valence electrons. The maximum Gasteiger partial charge on any atom is 0.0137 e. The van der Waals surface area contributed by atoms with Gasteiger partial charge in [-0.15, -0.1) is 0 Å². The van der Waals surface area contributed by atoms with E-state index in [-0.39, 0.29) is 0 Å². The Kier molecular flexibility index (Phi) is 7.81. The van der Waals surface area contributed by atoms with Crippen molar-refractivity contribution in [2.75, 3.05) is 26.7 Å². The standard InChI is InChI=1S/C12H26N2/c1-6-12(4)14(5)10-9-13-8-7-11(2)3/h7,12-13H,6,8-10H2,1-5H3. The van der Waals surface area contributed by atoms with Crippen molar-refractivity contribution in [3.05, 3.63) is 11.6 Å². The fourth-order valence-corrected chi connectivity index (χ4v) is 1.17. The zero-order valence-corrected chi connectivity index (χ0v) is 10.4. The lowest BCUT2D eigenvalue weighted by molar-refractivity contribution is 0.253. The van der Waals surface area contributed by atoms with Gasteiger partial charge in [0, 0.05) is 25.7 Å². The fraction of sp³-hybridized carbons (Fsp3) is 0.833. The summed E-state index contributed by atoms with van der Waals surface area (Å²) in [4.78, 5) is 2.40. The third-order valence-corrected chi connectivity index (χ3v) is 2.64. The zero-order valence-electron chi connectivity index (χ0n) is 10.4. The summed E-state index contributed by atoms with van der Waals surface area (Å²) in [7, 11) is 2.19. The summed E-state index contributed by atoms with van der Waals surface area (Å²) < 4.78 is 0. The Morgan fingerprint density at radius 1 is 1.43 bits per heavy atom. The Morgan fingerprint density at radius 3 is 2.57 bits per heavy atom. The van der Waals surface area contributed by atoms with Gasteiger partial charge in [-0.05, 0) is 34.2 Å². The molecule has 0 aliphatic carbocycles. The van der Waals surface area contributed by atoms with E-state index in [1.165, 1.54) is 12.0 Å². The Hall–Kier alpha value is -0.340. The molecule has 0 aliphatic heterocycles. The van der Waals surface area contributed by atoms with Gasteiger partial charge >= 0.3 is 0 Å². The van der Waals surface area contributed by atoms with Crippen LogP contribution in [-0.4, -0.2) is 37.6 Å². The van der Waals surface area contributed by atoms with Gasteiger partial charge in [0.2, 0.25) is 0 Å². The molecule has 0 aromatic rings. The van der Waals surface area contributed by atoms with Gasteiger partial charge in [-0.3, -0.25) is 0 Å². The van der Waals surface area contributed by atoms with Gasteiger partial charge in [-0.2, -0.15) is 0 Å². The smallest absolute Gasteiger partial charge is 0.0137 e. The van der Waals surface area contributed by atoms with Gasteiger partial charge in [0.1, 0.15) is 0 Å². The van der Waals surface area contributed by atoms with Crippen LogP contribution in [0.4, 0.5) is 0 Å². The molecule has 2 nitrogen and oxygen atoms in total. The normalized spacial score (nSPS) is 13.0. The summed E-state index contributed by atoms with van der Waals surface area (Å²) in [6, 6.07) is 0.695. The average molecular weight is 198 g/mol. The Labute approximate surface area is 89.4 Å². The van der Waals surface area contributed by atoms with E-state index < -0.39 is 0 Å².